The summed E-state index contributed by atoms with van der Waals surface area (Å²) in [5.74, 6) is -1.13. The molecule has 2 amide bonds. The lowest BCUT2D eigenvalue weighted by Crippen LogP contribution is -2.39. The number of nitrogens with zero attached hydrogens (tertiary/aromatic N) is 2. The highest BCUT2D eigenvalue weighted by Gasteiger charge is 2.35. The van der Waals surface area contributed by atoms with Crippen LogP contribution in [0.3, 0.4) is 0 Å². The molecule has 7 nitrogen and oxygen atoms in total. The van der Waals surface area contributed by atoms with Gasteiger partial charge in [-0.1, -0.05) is 6.92 Å². The van der Waals surface area contributed by atoms with Gasteiger partial charge in [-0.25, -0.2) is 12.8 Å². The number of sulfonamides is 1. The molecular formula is C23H26FN3O4S. The Morgan fingerprint density at radius 3 is 2.41 bits per heavy atom. The molecule has 0 radical (unpaired) electrons. The largest absolute Gasteiger partial charge is 0.326 e. The highest BCUT2D eigenvalue weighted by Crippen LogP contribution is 2.27. The molecule has 0 spiro atoms. The third-order valence-corrected chi connectivity index (χ3v) is 7.89. The summed E-state index contributed by atoms with van der Waals surface area (Å²) in [6, 6.07) is 11.7. The molecule has 0 aromatic heterocycles. The number of nitrogens with one attached hydrogen (secondary N) is 1. The van der Waals surface area contributed by atoms with Gasteiger partial charge in [0.05, 0.1) is 10.8 Å². The SMILES string of the molecule is CC1CCCN(S(=O)(=O)c2ccc(NC(=O)C3CC(=O)N(c4ccc(F)cc4)C3)cc2)C1. The van der Waals surface area contributed by atoms with Crippen LogP contribution >= 0.6 is 0 Å². The second-order valence-corrected chi connectivity index (χ2v) is 10.4. The normalized spacial score (nSPS) is 22.2. The van der Waals surface area contributed by atoms with Crippen LogP contribution < -0.4 is 10.2 Å². The minimum Gasteiger partial charge on any atom is -0.326 e. The van der Waals surface area contributed by atoms with Gasteiger partial charge in [0.1, 0.15) is 5.82 Å². The van der Waals surface area contributed by atoms with E-state index in [1.807, 2.05) is 6.92 Å². The first-order chi connectivity index (χ1) is 15.2. The van der Waals surface area contributed by atoms with Gasteiger partial charge in [-0.3, -0.25) is 9.59 Å². The maximum Gasteiger partial charge on any atom is 0.243 e. The molecule has 2 heterocycles. The molecule has 32 heavy (non-hydrogen) atoms. The zero-order chi connectivity index (χ0) is 22.9. The van der Waals surface area contributed by atoms with Gasteiger partial charge in [-0.2, -0.15) is 4.31 Å². The van der Waals surface area contributed by atoms with Crippen molar-refractivity contribution in [3.05, 3.63) is 54.3 Å². The first-order valence-electron chi connectivity index (χ1n) is 10.7. The molecule has 2 aromatic rings. The van der Waals surface area contributed by atoms with E-state index in [9.17, 15) is 22.4 Å². The van der Waals surface area contributed by atoms with Crippen LogP contribution in [0.5, 0.6) is 0 Å². The Morgan fingerprint density at radius 2 is 1.75 bits per heavy atom. The molecule has 4 rings (SSSR count). The summed E-state index contributed by atoms with van der Waals surface area (Å²) < 4.78 is 40.4. The number of piperidine rings is 1. The molecule has 170 valence electrons. The predicted molar refractivity (Wildman–Crippen MR) is 119 cm³/mol. The molecule has 2 saturated heterocycles. The van der Waals surface area contributed by atoms with Crippen LogP contribution in [0.25, 0.3) is 0 Å². The van der Waals surface area contributed by atoms with Crippen LogP contribution in [0, 0.1) is 17.7 Å². The maximum atomic E-state index is 13.1. The van der Waals surface area contributed by atoms with Crippen LogP contribution in [0.15, 0.2) is 53.4 Å². The van der Waals surface area contributed by atoms with Gasteiger partial charge in [0, 0.05) is 37.4 Å². The fraction of sp³-hybridized carbons (Fsp3) is 0.391. The molecule has 2 fully saturated rings. The number of hydrogen-bond donors (Lipinski definition) is 1. The van der Waals surface area contributed by atoms with E-state index in [0.717, 1.165) is 12.8 Å². The number of anilines is 2. The van der Waals surface area contributed by atoms with Crippen LogP contribution in [-0.2, 0) is 19.6 Å². The highest BCUT2D eigenvalue weighted by molar-refractivity contribution is 7.89. The van der Waals surface area contributed by atoms with E-state index in [0.29, 0.717) is 30.4 Å². The smallest absolute Gasteiger partial charge is 0.243 e. The molecule has 2 aliphatic heterocycles. The van der Waals surface area contributed by atoms with Crippen molar-refractivity contribution in [3.8, 4) is 0 Å². The number of hydrogen-bond acceptors (Lipinski definition) is 4. The lowest BCUT2D eigenvalue weighted by molar-refractivity contribution is -0.122. The van der Waals surface area contributed by atoms with Gasteiger partial charge >= 0.3 is 0 Å². The van der Waals surface area contributed by atoms with Crippen molar-refractivity contribution in [1.82, 2.24) is 4.31 Å². The van der Waals surface area contributed by atoms with Crippen molar-refractivity contribution >= 4 is 33.2 Å². The molecule has 0 bridgehead atoms. The monoisotopic (exact) mass is 459 g/mol. The standard InChI is InChI=1S/C23H26FN3O4S/c1-16-3-2-12-26(14-16)32(30,31)21-10-6-19(7-11-21)25-23(29)17-13-22(28)27(15-17)20-8-4-18(24)5-9-20/h4-11,16-17H,2-3,12-15H2,1H3,(H,25,29). The van der Waals surface area contributed by atoms with Crippen LogP contribution in [0.4, 0.5) is 15.8 Å². The second kappa shape index (κ2) is 8.99. The fourth-order valence-electron chi connectivity index (χ4n) is 4.22. The van der Waals surface area contributed by atoms with Crippen molar-refractivity contribution < 1.29 is 22.4 Å². The van der Waals surface area contributed by atoms with Crippen molar-refractivity contribution in [2.24, 2.45) is 11.8 Å². The van der Waals surface area contributed by atoms with Gasteiger partial charge in [0.25, 0.3) is 0 Å². The molecule has 9 heteroatoms. The quantitative estimate of drug-likeness (QED) is 0.744. The summed E-state index contributed by atoms with van der Waals surface area (Å²) in [7, 11) is -3.56. The Morgan fingerprint density at radius 1 is 1.06 bits per heavy atom. The number of benzene rings is 2. The van der Waals surface area contributed by atoms with Crippen molar-refractivity contribution in [1.29, 1.82) is 0 Å². The molecule has 2 aromatic carbocycles. The van der Waals surface area contributed by atoms with E-state index in [1.165, 1.54) is 45.6 Å². The molecule has 1 N–H and O–H groups in total. The van der Waals surface area contributed by atoms with E-state index in [2.05, 4.69) is 5.32 Å². The summed E-state index contributed by atoms with van der Waals surface area (Å²) >= 11 is 0. The first kappa shape index (κ1) is 22.4. The average Bonchev–Trinajstić information content (AvgIpc) is 3.16. The Hall–Kier alpha value is -2.78. The first-order valence-corrected chi connectivity index (χ1v) is 12.1. The van der Waals surface area contributed by atoms with Crippen LogP contribution in [0.2, 0.25) is 0 Å². The lowest BCUT2D eigenvalue weighted by atomic mass is 10.0. The summed E-state index contributed by atoms with van der Waals surface area (Å²) in [5, 5.41) is 2.76. The Bertz CT molecular complexity index is 1100. The van der Waals surface area contributed by atoms with Gasteiger partial charge in [-0.05, 0) is 67.3 Å². The number of carbonyl (C=O) groups is 2. The minimum absolute atomic E-state index is 0.0584. The van der Waals surface area contributed by atoms with E-state index in [1.54, 1.807) is 12.1 Å². The van der Waals surface area contributed by atoms with E-state index in [-0.39, 0.29) is 29.7 Å². The molecule has 2 unspecified atom stereocenters. The number of halogens is 1. The van der Waals surface area contributed by atoms with Gasteiger partial charge in [-0.15, -0.1) is 0 Å². The lowest BCUT2D eigenvalue weighted by Gasteiger charge is -2.30. The number of carbonyl (C=O) groups excluding carboxylic acids is 2. The number of rotatable bonds is 5. The van der Waals surface area contributed by atoms with Crippen molar-refractivity contribution in [2.75, 3.05) is 29.9 Å². The van der Waals surface area contributed by atoms with Crippen molar-refractivity contribution in [3.63, 3.8) is 0 Å². The third kappa shape index (κ3) is 4.68. The fourth-order valence-corrected chi connectivity index (χ4v) is 5.82. The summed E-state index contributed by atoms with van der Waals surface area (Å²) in [6.07, 6.45) is 1.94. The Kier molecular flexibility index (Phi) is 6.30. The molecule has 0 saturated carbocycles. The molecule has 2 atom stereocenters. The Labute approximate surface area is 187 Å². The molecule has 0 aliphatic carbocycles. The Balaban J connectivity index is 1.40. The predicted octanol–water partition coefficient (Wildman–Crippen LogP) is 3.24. The topological polar surface area (TPSA) is 86.8 Å². The van der Waals surface area contributed by atoms with E-state index < -0.39 is 21.8 Å². The third-order valence-electron chi connectivity index (χ3n) is 6.01. The van der Waals surface area contributed by atoms with Crippen molar-refractivity contribution in [2.45, 2.75) is 31.1 Å². The zero-order valence-corrected chi connectivity index (χ0v) is 18.6. The molecule has 2 aliphatic rings. The highest BCUT2D eigenvalue weighted by atomic mass is 32.2. The van der Waals surface area contributed by atoms with Gasteiger partial charge in [0.2, 0.25) is 21.8 Å². The minimum atomic E-state index is -3.56. The average molecular weight is 460 g/mol. The zero-order valence-electron chi connectivity index (χ0n) is 17.8. The number of amides is 2. The summed E-state index contributed by atoms with van der Waals surface area (Å²) in [6.45, 7) is 3.29. The van der Waals surface area contributed by atoms with Gasteiger partial charge in [0.15, 0.2) is 0 Å². The summed E-state index contributed by atoms with van der Waals surface area (Å²) in [5.41, 5.74) is 1.02. The maximum absolute atomic E-state index is 13.1. The van der Waals surface area contributed by atoms with Gasteiger partial charge < -0.3 is 10.2 Å². The summed E-state index contributed by atoms with van der Waals surface area (Å²) in [4.78, 5) is 26.7. The van der Waals surface area contributed by atoms with Crippen LogP contribution in [0.1, 0.15) is 26.2 Å². The van der Waals surface area contributed by atoms with E-state index >= 15 is 0 Å². The molecular weight excluding hydrogens is 433 g/mol. The van der Waals surface area contributed by atoms with E-state index in [4.69, 9.17) is 0 Å². The van der Waals surface area contributed by atoms with Crippen LogP contribution in [-0.4, -0.2) is 44.2 Å². The second-order valence-electron chi connectivity index (χ2n) is 8.51.